The average molecular weight is 358 g/mol. The minimum atomic E-state index is -0.312. The summed E-state index contributed by atoms with van der Waals surface area (Å²) in [7, 11) is 0. The van der Waals surface area contributed by atoms with Crippen LogP contribution >= 0.6 is 39.7 Å². The molecule has 19 heavy (non-hydrogen) atoms. The zero-order chi connectivity index (χ0) is 13.6. The topological polar surface area (TPSA) is 20.7 Å². The Morgan fingerprint density at radius 2 is 2.00 bits per heavy atom. The molecule has 1 heterocycles. The summed E-state index contributed by atoms with van der Waals surface area (Å²) in [5.74, 6) is -0.312. The fourth-order valence-electron chi connectivity index (χ4n) is 1.97. The average Bonchev–Trinajstić information content (AvgIpc) is 2.68. The zero-order valence-corrected chi connectivity index (χ0v) is 12.6. The second-order valence-electron chi connectivity index (χ2n) is 4.02. The number of imidazole rings is 1. The molecule has 0 aliphatic rings. The van der Waals surface area contributed by atoms with E-state index in [1.54, 1.807) is 22.8 Å². The van der Waals surface area contributed by atoms with Crippen LogP contribution in [0.4, 0.5) is 4.39 Å². The predicted octanol–water partition coefficient (Wildman–Crippen LogP) is 5.24. The maximum Gasteiger partial charge on any atom is 0.182 e. The van der Waals surface area contributed by atoms with Gasteiger partial charge in [-0.25, -0.2) is 4.39 Å². The maximum atomic E-state index is 13.4. The van der Waals surface area contributed by atoms with E-state index < -0.39 is 0 Å². The Bertz CT molecular complexity index is 840. The second-order valence-corrected chi connectivity index (χ2v) is 5.70. The van der Waals surface area contributed by atoms with Crippen molar-refractivity contribution in [3.05, 3.63) is 56.5 Å². The van der Waals surface area contributed by atoms with E-state index in [1.165, 1.54) is 12.1 Å². The van der Waals surface area contributed by atoms with Crippen LogP contribution in [-0.2, 0) is 0 Å². The third-order valence-corrected chi connectivity index (χ3v) is 3.98. The molecule has 0 unspecified atom stereocenters. The number of H-pyrrole nitrogens is 1. The van der Waals surface area contributed by atoms with Crippen LogP contribution in [0.3, 0.4) is 0 Å². The van der Waals surface area contributed by atoms with Crippen molar-refractivity contribution in [3.63, 3.8) is 0 Å². The van der Waals surface area contributed by atoms with Crippen LogP contribution in [0.5, 0.6) is 0 Å². The van der Waals surface area contributed by atoms with E-state index in [1.807, 2.05) is 6.07 Å². The highest BCUT2D eigenvalue weighted by Gasteiger charge is 2.10. The van der Waals surface area contributed by atoms with E-state index in [2.05, 4.69) is 20.9 Å². The van der Waals surface area contributed by atoms with E-state index in [9.17, 15) is 4.39 Å². The second kappa shape index (κ2) is 4.74. The van der Waals surface area contributed by atoms with E-state index in [-0.39, 0.29) is 5.82 Å². The lowest BCUT2D eigenvalue weighted by Gasteiger charge is -2.07. The fourth-order valence-corrected chi connectivity index (χ4v) is 2.87. The molecule has 0 spiro atoms. The highest BCUT2D eigenvalue weighted by atomic mass is 79.9. The van der Waals surface area contributed by atoms with Crippen molar-refractivity contribution in [2.24, 2.45) is 0 Å². The standard InChI is InChI=1S/C13H7BrClFN2S/c14-9-3-1-7(15)5-11(9)18-12-6-8(16)2-4-10(12)17-13(18)19/h1-6H,(H,17,19). The predicted molar refractivity (Wildman–Crippen MR) is 81.1 cm³/mol. The summed E-state index contributed by atoms with van der Waals surface area (Å²) in [5.41, 5.74) is 2.22. The van der Waals surface area contributed by atoms with Crippen molar-refractivity contribution >= 4 is 50.8 Å². The Labute approximate surface area is 127 Å². The number of fused-ring (bicyclic) bond motifs is 1. The van der Waals surface area contributed by atoms with Gasteiger partial charge in [0.15, 0.2) is 4.77 Å². The van der Waals surface area contributed by atoms with Crippen molar-refractivity contribution in [2.45, 2.75) is 0 Å². The smallest absolute Gasteiger partial charge is 0.182 e. The molecular weight excluding hydrogens is 351 g/mol. The number of halogens is 3. The summed E-state index contributed by atoms with van der Waals surface area (Å²) in [5, 5.41) is 0.589. The molecule has 0 atom stereocenters. The minimum Gasteiger partial charge on any atom is -0.330 e. The summed E-state index contributed by atoms with van der Waals surface area (Å²) in [6.45, 7) is 0. The van der Waals surface area contributed by atoms with Crippen LogP contribution in [0.1, 0.15) is 0 Å². The first-order valence-electron chi connectivity index (χ1n) is 5.42. The highest BCUT2D eigenvalue weighted by molar-refractivity contribution is 9.10. The first-order chi connectivity index (χ1) is 9.06. The molecule has 0 fully saturated rings. The number of rotatable bonds is 1. The van der Waals surface area contributed by atoms with Gasteiger partial charge in [0.05, 0.1) is 16.7 Å². The largest absolute Gasteiger partial charge is 0.330 e. The molecule has 1 N–H and O–H groups in total. The van der Waals surface area contributed by atoms with Crippen LogP contribution < -0.4 is 0 Å². The molecule has 1 aromatic heterocycles. The van der Waals surface area contributed by atoms with Crippen molar-refractivity contribution in [3.8, 4) is 5.69 Å². The number of benzene rings is 2. The molecule has 2 aromatic carbocycles. The minimum absolute atomic E-state index is 0.312. The molecule has 0 aliphatic carbocycles. The third-order valence-electron chi connectivity index (χ3n) is 2.79. The molecule has 0 radical (unpaired) electrons. The van der Waals surface area contributed by atoms with Gasteiger partial charge in [0, 0.05) is 15.6 Å². The fraction of sp³-hybridized carbons (Fsp3) is 0. The van der Waals surface area contributed by atoms with Crippen LogP contribution in [-0.4, -0.2) is 9.55 Å². The van der Waals surface area contributed by atoms with Gasteiger partial charge in [-0.3, -0.25) is 4.57 Å². The molecule has 2 nitrogen and oxygen atoms in total. The first-order valence-corrected chi connectivity index (χ1v) is 7.00. The lowest BCUT2D eigenvalue weighted by molar-refractivity contribution is 0.629. The van der Waals surface area contributed by atoms with Gasteiger partial charge >= 0.3 is 0 Å². The monoisotopic (exact) mass is 356 g/mol. The SMILES string of the molecule is Fc1ccc2[nH]c(=S)n(-c3cc(Cl)ccc3Br)c2c1. The van der Waals surface area contributed by atoms with Gasteiger partial charge in [-0.2, -0.15) is 0 Å². The Morgan fingerprint density at radius 3 is 2.79 bits per heavy atom. The molecular formula is C13H7BrClFN2S. The Hall–Kier alpha value is -1.17. The van der Waals surface area contributed by atoms with E-state index in [0.29, 0.717) is 15.3 Å². The number of aromatic nitrogens is 2. The van der Waals surface area contributed by atoms with Gasteiger partial charge in [0.2, 0.25) is 0 Å². The molecule has 0 amide bonds. The number of nitrogens with one attached hydrogen (secondary N) is 1. The van der Waals surface area contributed by atoms with Gasteiger partial charge < -0.3 is 4.98 Å². The van der Waals surface area contributed by atoms with Crippen LogP contribution in [0.25, 0.3) is 16.7 Å². The van der Waals surface area contributed by atoms with Gasteiger partial charge in [-0.05, 0) is 58.5 Å². The summed E-state index contributed by atoms with van der Waals surface area (Å²) < 4.78 is 16.5. The number of nitrogens with zero attached hydrogens (tertiary/aromatic N) is 1. The molecule has 3 rings (SSSR count). The van der Waals surface area contributed by atoms with E-state index in [4.69, 9.17) is 23.8 Å². The Balaban J connectivity index is 2.42. The van der Waals surface area contributed by atoms with Crippen molar-refractivity contribution in [1.82, 2.24) is 9.55 Å². The highest BCUT2D eigenvalue weighted by Crippen LogP contribution is 2.28. The van der Waals surface area contributed by atoms with Gasteiger partial charge in [0.1, 0.15) is 5.82 Å². The van der Waals surface area contributed by atoms with Gasteiger partial charge in [-0.1, -0.05) is 11.6 Å². The van der Waals surface area contributed by atoms with Crippen LogP contribution in [0, 0.1) is 10.6 Å². The maximum absolute atomic E-state index is 13.4. The first kappa shape index (κ1) is 12.8. The lowest BCUT2D eigenvalue weighted by atomic mass is 10.2. The van der Waals surface area contributed by atoms with Crippen molar-refractivity contribution < 1.29 is 4.39 Å². The van der Waals surface area contributed by atoms with E-state index in [0.717, 1.165) is 15.7 Å². The summed E-state index contributed by atoms with van der Waals surface area (Å²) in [6.07, 6.45) is 0. The molecule has 0 saturated heterocycles. The zero-order valence-electron chi connectivity index (χ0n) is 9.45. The Kier molecular flexibility index (Phi) is 3.20. The lowest BCUT2D eigenvalue weighted by Crippen LogP contribution is -1.95. The van der Waals surface area contributed by atoms with Crippen LogP contribution in [0.15, 0.2) is 40.9 Å². The summed E-state index contributed by atoms with van der Waals surface area (Å²) >= 11 is 14.8. The van der Waals surface area contributed by atoms with Crippen molar-refractivity contribution in [2.75, 3.05) is 0 Å². The Morgan fingerprint density at radius 1 is 1.21 bits per heavy atom. The molecule has 3 aromatic rings. The summed E-state index contributed by atoms with van der Waals surface area (Å²) in [4.78, 5) is 3.05. The third kappa shape index (κ3) is 2.22. The molecule has 0 saturated carbocycles. The van der Waals surface area contributed by atoms with Gasteiger partial charge in [0.25, 0.3) is 0 Å². The summed E-state index contributed by atoms with van der Waals surface area (Å²) in [6, 6.07) is 9.88. The van der Waals surface area contributed by atoms with Crippen LogP contribution in [0.2, 0.25) is 5.02 Å². The molecule has 6 heteroatoms. The normalized spacial score (nSPS) is 11.1. The quantitative estimate of drug-likeness (QED) is 0.590. The molecule has 96 valence electrons. The molecule has 0 aliphatic heterocycles. The number of aromatic amines is 1. The number of hydrogen-bond acceptors (Lipinski definition) is 1. The van der Waals surface area contributed by atoms with E-state index >= 15 is 0 Å². The van der Waals surface area contributed by atoms with Crippen molar-refractivity contribution in [1.29, 1.82) is 0 Å². The van der Waals surface area contributed by atoms with Gasteiger partial charge in [-0.15, -0.1) is 0 Å². The molecule has 0 bridgehead atoms. The number of hydrogen-bond donors (Lipinski definition) is 1.